The summed E-state index contributed by atoms with van der Waals surface area (Å²) in [5.74, 6) is -0.0953. The van der Waals surface area contributed by atoms with Crippen LogP contribution in [0.1, 0.15) is 12.0 Å². The molecule has 1 heterocycles. The molecule has 0 saturated heterocycles. The Morgan fingerprint density at radius 3 is 2.84 bits per heavy atom. The van der Waals surface area contributed by atoms with E-state index in [1.807, 2.05) is 30.3 Å². The first-order chi connectivity index (χ1) is 12.1. The summed E-state index contributed by atoms with van der Waals surface area (Å²) < 4.78 is 1.47. The lowest BCUT2D eigenvalue weighted by Crippen LogP contribution is -2.29. The molecule has 0 bridgehead atoms. The number of carbonyl (C=O) groups excluding carboxylic acids is 1. The third kappa shape index (κ3) is 4.45. The third-order valence-electron chi connectivity index (χ3n) is 3.94. The Balaban J connectivity index is 1.52. The molecule has 3 aromatic rings. The van der Waals surface area contributed by atoms with Gasteiger partial charge in [0.1, 0.15) is 0 Å². The molecule has 1 amide bonds. The van der Waals surface area contributed by atoms with Crippen molar-refractivity contribution in [1.29, 1.82) is 0 Å². The van der Waals surface area contributed by atoms with Crippen molar-refractivity contribution in [1.82, 2.24) is 14.9 Å². The van der Waals surface area contributed by atoms with E-state index in [2.05, 4.69) is 10.3 Å². The summed E-state index contributed by atoms with van der Waals surface area (Å²) in [5, 5.41) is 4.11. The first-order valence-electron chi connectivity index (χ1n) is 8.09. The molecule has 2 aromatic carbocycles. The third-order valence-corrected chi connectivity index (χ3v) is 4.17. The molecule has 0 aliphatic rings. The first kappa shape index (κ1) is 17.2. The number of halogens is 1. The number of rotatable bonds is 6. The number of amides is 1. The van der Waals surface area contributed by atoms with E-state index in [1.54, 1.807) is 18.2 Å². The number of nitrogens with one attached hydrogen (secondary N) is 1. The molecule has 0 aliphatic heterocycles. The summed E-state index contributed by atoms with van der Waals surface area (Å²) >= 11 is 5.93. The molecule has 0 atom stereocenters. The summed E-state index contributed by atoms with van der Waals surface area (Å²) in [4.78, 5) is 28.6. The standard InChI is InChI=1S/C19H18ClN3O2/c20-15-5-3-4-14(12-15)8-10-21-18(24)9-11-23-13-22-17-7-2-1-6-16(17)19(23)25/h1-7,12-13H,8-11H2,(H,21,24). The van der Waals surface area contributed by atoms with Gasteiger partial charge in [-0.25, -0.2) is 4.98 Å². The van der Waals surface area contributed by atoms with Crippen LogP contribution in [-0.2, 0) is 17.8 Å². The number of para-hydroxylation sites is 1. The fraction of sp³-hybridized carbons (Fsp3) is 0.211. The van der Waals surface area contributed by atoms with Crippen molar-refractivity contribution in [3.05, 3.63) is 75.8 Å². The predicted molar refractivity (Wildman–Crippen MR) is 98.8 cm³/mol. The van der Waals surface area contributed by atoms with Crippen molar-refractivity contribution in [3.8, 4) is 0 Å². The quantitative estimate of drug-likeness (QED) is 0.739. The van der Waals surface area contributed by atoms with Gasteiger partial charge in [-0.1, -0.05) is 35.9 Å². The molecule has 1 aromatic heterocycles. The molecule has 0 unspecified atom stereocenters. The zero-order chi connectivity index (χ0) is 17.6. The summed E-state index contributed by atoms with van der Waals surface area (Å²) in [6, 6.07) is 14.7. The predicted octanol–water partition coefficient (Wildman–Crippen LogP) is 2.80. The largest absolute Gasteiger partial charge is 0.356 e. The van der Waals surface area contributed by atoms with Crippen LogP contribution in [0, 0.1) is 0 Å². The van der Waals surface area contributed by atoms with Gasteiger partial charge in [-0.3, -0.25) is 14.2 Å². The molecule has 128 valence electrons. The van der Waals surface area contributed by atoms with E-state index in [0.29, 0.717) is 35.4 Å². The molecular weight excluding hydrogens is 338 g/mol. The lowest BCUT2D eigenvalue weighted by Gasteiger charge is -2.08. The molecule has 0 fully saturated rings. The van der Waals surface area contributed by atoms with Crippen LogP contribution in [-0.4, -0.2) is 22.0 Å². The maximum absolute atomic E-state index is 12.4. The molecule has 5 nitrogen and oxygen atoms in total. The first-order valence-corrected chi connectivity index (χ1v) is 8.46. The van der Waals surface area contributed by atoms with Gasteiger partial charge in [-0.05, 0) is 36.2 Å². The van der Waals surface area contributed by atoms with E-state index < -0.39 is 0 Å². The van der Waals surface area contributed by atoms with E-state index in [9.17, 15) is 9.59 Å². The minimum atomic E-state index is -0.127. The van der Waals surface area contributed by atoms with Gasteiger partial charge in [0.05, 0.1) is 17.2 Å². The topological polar surface area (TPSA) is 64.0 Å². The molecule has 0 saturated carbocycles. The molecule has 0 aliphatic carbocycles. The van der Waals surface area contributed by atoms with E-state index in [1.165, 1.54) is 10.9 Å². The van der Waals surface area contributed by atoms with Gasteiger partial charge >= 0.3 is 0 Å². The number of benzene rings is 2. The average Bonchev–Trinajstić information content (AvgIpc) is 2.61. The number of fused-ring (bicyclic) bond motifs is 1. The maximum atomic E-state index is 12.4. The Morgan fingerprint density at radius 1 is 1.16 bits per heavy atom. The van der Waals surface area contributed by atoms with Crippen LogP contribution in [0.5, 0.6) is 0 Å². The minimum Gasteiger partial charge on any atom is -0.356 e. The van der Waals surface area contributed by atoms with Crippen LogP contribution in [0.2, 0.25) is 5.02 Å². The summed E-state index contributed by atoms with van der Waals surface area (Å²) in [5.41, 5.74) is 1.61. The normalized spacial score (nSPS) is 10.8. The van der Waals surface area contributed by atoms with Crippen LogP contribution in [0.25, 0.3) is 10.9 Å². The highest BCUT2D eigenvalue weighted by molar-refractivity contribution is 6.30. The van der Waals surface area contributed by atoms with Crippen molar-refractivity contribution in [2.24, 2.45) is 0 Å². The van der Waals surface area contributed by atoms with Crippen molar-refractivity contribution >= 4 is 28.4 Å². The fourth-order valence-electron chi connectivity index (χ4n) is 2.61. The monoisotopic (exact) mass is 355 g/mol. The van der Waals surface area contributed by atoms with Gasteiger partial charge in [0.2, 0.25) is 5.91 Å². The van der Waals surface area contributed by atoms with Gasteiger partial charge in [0, 0.05) is 24.5 Å². The molecule has 0 radical (unpaired) electrons. The van der Waals surface area contributed by atoms with Gasteiger partial charge in [0.15, 0.2) is 0 Å². The number of carbonyl (C=O) groups is 1. The SMILES string of the molecule is O=C(CCn1cnc2ccccc2c1=O)NCCc1cccc(Cl)c1. The van der Waals surface area contributed by atoms with Gasteiger partial charge < -0.3 is 5.32 Å². The summed E-state index contributed by atoms with van der Waals surface area (Å²) in [6.45, 7) is 0.837. The van der Waals surface area contributed by atoms with E-state index in [-0.39, 0.29) is 17.9 Å². The number of aromatic nitrogens is 2. The second-order valence-corrected chi connectivity index (χ2v) is 6.18. The smallest absolute Gasteiger partial charge is 0.261 e. The second kappa shape index (κ2) is 7.94. The van der Waals surface area contributed by atoms with Crippen molar-refractivity contribution in [3.63, 3.8) is 0 Å². The highest BCUT2D eigenvalue weighted by Gasteiger charge is 2.06. The molecule has 6 heteroatoms. The molecule has 1 N–H and O–H groups in total. The zero-order valence-electron chi connectivity index (χ0n) is 13.6. The van der Waals surface area contributed by atoms with Crippen LogP contribution in [0.4, 0.5) is 0 Å². The molecule has 25 heavy (non-hydrogen) atoms. The second-order valence-electron chi connectivity index (χ2n) is 5.74. The van der Waals surface area contributed by atoms with Gasteiger partial charge in [-0.15, -0.1) is 0 Å². The Labute approximate surface area is 150 Å². The number of nitrogens with zero attached hydrogens (tertiary/aromatic N) is 2. The molecule has 3 rings (SSSR count). The van der Waals surface area contributed by atoms with Gasteiger partial charge in [0.25, 0.3) is 5.56 Å². The van der Waals surface area contributed by atoms with Crippen molar-refractivity contribution in [2.45, 2.75) is 19.4 Å². The Morgan fingerprint density at radius 2 is 2.00 bits per heavy atom. The Bertz CT molecular complexity index is 953. The maximum Gasteiger partial charge on any atom is 0.261 e. The lowest BCUT2D eigenvalue weighted by molar-refractivity contribution is -0.121. The minimum absolute atomic E-state index is 0.0953. The lowest BCUT2D eigenvalue weighted by atomic mass is 10.1. The van der Waals surface area contributed by atoms with Crippen LogP contribution in [0.15, 0.2) is 59.7 Å². The van der Waals surface area contributed by atoms with E-state index in [0.717, 1.165) is 5.56 Å². The van der Waals surface area contributed by atoms with Gasteiger partial charge in [-0.2, -0.15) is 0 Å². The number of hydrogen-bond acceptors (Lipinski definition) is 3. The fourth-order valence-corrected chi connectivity index (χ4v) is 2.83. The van der Waals surface area contributed by atoms with E-state index in [4.69, 9.17) is 11.6 Å². The number of hydrogen-bond donors (Lipinski definition) is 1. The molecular formula is C19H18ClN3O2. The van der Waals surface area contributed by atoms with Crippen LogP contribution in [0.3, 0.4) is 0 Å². The Kier molecular flexibility index (Phi) is 5.46. The average molecular weight is 356 g/mol. The summed E-state index contributed by atoms with van der Waals surface area (Å²) in [7, 11) is 0. The number of aryl methyl sites for hydroxylation is 1. The van der Waals surface area contributed by atoms with Crippen LogP contribution < -0.4 is 10.9 Å². The van der Waals surface area contributed by atoms with Crippen LogP contribution >= 0.6 is 11.6 Å². The van der Waals surface area contributed by atoms with Crippen molar-refractivity contribution < 1.29 is 4.79 Å². The van der Waals surface area contributed by atoms with E-state index >= 15 is 0 Å². The Hall–Kier alpha value is -2.66. The van der Waals surface area contributed by atoms with Crippen molar-refractivity contribution in [2.75, 3.05) is 6.54 Å². The highest BCUT2D eigenvalue weighted by Crippen LogP contribution is 2.10. The highest BCUT2D eigenvalue weighted by atomic mass is 35.5. The summed E-state index contributed by atoms with van der Waals surface area (Å²) in [6.07, 6.45) is 2.43. The zero-order valence-corrected chi connectivity index (χ0v) is 14.4. The molecule has 0 spiro atoms.